The van der Waals surface area contributed by atoms with Gasteiger partial charge >= 0.3 is 0 Å². The molecule has 18 heavy (non-hydrogen) atoms. The SMILES string of the molecule is Cc1cc(Br)ccc1N(C)C(=O)[C@H]1CCO[C@@H]1C. The van der Waals surface area contributed by atoms with Crippen LogP contribution in [0, 0.1) is 12.8 Å². The molecular formula is C14H18BrNO2. The van der Waals surface area contributed by atoms with E-state index in [-0.39, 0.29) is 17.9 Å². The van der Waals surface area contributed by atoms with Crippen LogP contribution in [-0.4, -0.2) is 25.7 Å². The van der Waals surface area contributed by atoms with Crippen LogP contribution in [0.2, 0.25) is 0 Å². The zero-order chi connectivity index (χ0) is 13.3. The number of hydrogen-bond acceptors (Lipinski definition) is 2. The molecule has 1 fully saturated rings. The van der Waals surface area contributed by atoms with Gasteiger partial charge in [-0.2, -0.15) is 0 Å². The van der Waals surface area contributed by atoms with Crippen LogP contribution in [0.3, 0.4) is 0 Å². The highest BCUT2D eigenvalue weighted by atomic mass is 79.9. The molecule has 1 aliphatic rings. The highest BCUT2D eigenvalue weighted by Gasteiger charge is 2.33. The Kier molecular flexibility index (Phi) is 4.07. The highest BCUT2D eigenvalue weighted by molar-refractivity contribution is 9.10. The second-order valence-electron chi connectivity index (χ2n) is 4.80. The van der Waals surface area contributed by atoms with E-state index in [1.165, 1.54) is 0 Å². The number of anilines is 1. The summed E-state index contributed by atoms with van der Waals surface area (Å²) in [5.41, 5.74) is 2.05. The van der Waals surface area contributed by atoms with Crippen LogP contribution in [0.1, 0.15) is 18.9 Å². The molecule has 4 heteroatoms. The van der Waals surface area contributed by atoms with Gasteiger partial charge in [-0.25, -0.2) is 0 Å². The lowest BCUT2D eigenvalue weighted by molar-refractivity contribution is -0.123. The first kappa shape index (κ1) is 13.6. The molecule has 1 aromatic rings. The largest absolute Gasteiger partial charge is 0.378 e. The maximum absolute atomic E-state index is 12.4. The minimum absolute atomic E-state index is 0.0157. The van der Waals surface area contributed by atoms with Gasteiger partial charge in [-0.15, -0.1) is 0 Å². The van der Waals surface area contributed by atoms with Gasteiger partial charge in [0.2, 0.25) is 5.91 Å². The molecule has 0 bridgehead atoms. The van der Waals surface area contributed by atoms with Gasteiger partial charge in [-0.1, -0.05) is 15.9 Å². The second kappa shape index (κ2) is 5.41. The van der Waals surface area contributed by atoms with Gasteiger partial charge in [0.25, 0.3) is 0 Å². The van der Waals surface area contributed by atoms with E-state index in [4.69, 9.17) is 4.74 Å². The van der Waals surface area contributed by atoms with E-state index in [2.05, 4.69) is 15.9 Å². The van der Waals surface area contributed by atoms with Gasteiger partial charge in [0.1, 0.15) is 0 Å². The number of ether oxygens (including phenoxy) is 1. The van der Waals surface area contributed by atoms with Crippen molar-refractivity contribution >= 4 is 27.5 Å². The lowest BCUT2D eigenvalue weighted by atomic mass is 10.0. The van der Waals surface area contributed by atoms with Crippen molar-refractivity contribution < 1.29 is 9.53 Å². The van der Waals surface area contributed by atoms with E-state index in [0.29, 0.717) is 6.61 Å². The van der Waals surface area contributed by atoms with Crippen molar-refractivity contribution in [1.29, 1.82) is 0 Å². The summed E-state index contributed by atoms with van der Waals surface area (Å²) in [4.78, 5) is 14.2. The molecular weight excluding hydrogens is 294 g/mol. The van der Waals surface area contributed by atoms with E-state index >= 15 is 0 Å². The molecule has 0 aliphatic carbocycles. The van der Waals surface area contributed by atoms with E-state index in [1.54, 1.807) is 4.90 Å². The van der Waals surface area contributed by atoms with Gasteiger partial charge in [-0.05, 0) is 44.0 Å². The van der Waals surface area contributed by atoms with Crippen molar-refractivity contribution in [2.75, 3.05) is 18.6 Å². The number of rotatable bonds is 2. The summed E-state index contributed by atoms with van der Waals surface area (Å²) in [6, 6.07) is 5.95. The molecule has 0 aromatic heterocycles. The molecule has 1 aromatic carbocycles. The summed E-state index contributed by atoms with van der Waals surface area (Å²) in [6.07, 6.45) is 0.843. The summed E-state index contributed by atoms with van der Waals surface area (Å²) in [5, 5.41) is 0. The minimum atomic E-state index is -0.0157. The van der Waals surface area contributed by atoms with E-state index in [0.717, 1.165) is 22.1 Å². The number of halogens is 1. The third-order valence-corrected chi connectivity index (χ3v) is 4.04. The van der Waals surface area contributed by atoms with Gasteiger partial charge < -0.3 is 9.64 Å². The van der Waals surface area contributed by atoms with Crippen molar-refractivity contribution in [1.82, 2.24) is 0 Å². The molecule has 1 amide bonds. The Morgan fingerprint density at radius 2 is 2.22 bits per heavy atom. The van der Waals surface area contributed by atoms with Crippen LogP contribution < -0.4 is 4.90 Å². The van der Waals surface area contributed by atoms with E-state index in [9.17, 15) is 4.79 Å². The van der Waals surface area contributed by atoms with E-state index in [1.807, 2.05) is 39.1 Å². The fourth-order valence-corrected chi connectivity index (χ4v) is 2.89. The molecule has 1 saturated heterocycles. The molecule has 0 N–H and O–H groups in total. The van der Waals surface area contributed by atoms with Gasteiger partial charge in [0, 0.05) is 23.8 Å². The van der Waals surface area contributed by atoms with Crippen molar-refractivity contribution in [3.05, 3.63) is 28.2 Å². The number of amides is 1. The maximum Gasteiger partial charge on any atom is 0.232 e. The molecule has 1 aliphatic heterocycles. The Morgan fingerprint density at radius 3 is 2.78 bits per heavy atom. The standard InChI is InChI=1S/C14H18BrNO2/c1-9-8-11(15)4-5-13(9)16(3)14(17)12-6-7-18-10(12)2/h4-5,8,10,12H,6-7H2,1-3H3/t10-,12+/m1/s1. The van der Waals surface area contributed by atoms with Crippen LogP contribution in [-0.2, 0) is 9.53 Å². The quantitative estimate of drug-likeness (QED) is 0.839. The molecule has 0 saturated carbocycles. The minimum Gasteiger partial charge on any atom is -0.378 e. The molecule has 1 heterocycles. The fraction of sp³-hybridized carbons (Fsp3) is 0.500. The van der Waals surface area contributed by atoms with Crippen LogP contribution in [0.15, 0.2) is 22.7 Å². The molecule has 2 rings (SSSR count). The Balaban J connectivity index is 2.20. The average molecular weight is 312 g/mol. The first-order valence-corrected chi connectivity index (χ1v) is 6.95. The number of hydrogen-bond donors (Lipinski definition) is 0. The highest BCUT2D eigenvalue weighted by Crippen LogP contribution is 2.28. The lowest BCUT2D eigenvalue weighted by Crippen LogP contribution is -2.36. The third kappa shape index (κ3) is 2.59. The molecule has 98 valence electrons. The normalized spacial score (nSPS) is 23.1. The molecule has 0 spiro atoms. The fourth-order valence-electron chi connectivity index (χ4n) is 2.42. The van der Waals surface area contributed by atoms with Crippen molar-refractivity contribution in [2.24, 2.45) is 5.92 Å². The third-order valence-electron chi connectivity index (χ3n) is 3.54. The monoisotopic (exact) mass is 311 g/mol. The summed E-state index contributed by atoms with van der Waals surface area (Å²) in [7, 11) is 1.84. The zero-order valence-corrected chi connectivity index (χ0v) is 12.5. The number of aryl methyl sites for hydroxylation is 1. The summed E-state index contributed by atoms with van der Waals surface area (Å²) in [5.74, 6) is 0.128. The van der Waals surface area contributed by atoms with Gasteiger partial charge in [0.15, 0.2) is 0 Å². The Labute approximate surface area is 116 Å². The average Bonchev–Trinajstić information content (AvgIpc) is 2.74. The second-order valence-corrected chi connectivity index (χ2v) is 5.71. The maximum atomic E-state index is 12.4. The first-order chi connectivity index (χ1) is 8.50. The van der Waals surface area contributed by atoms with Crippen LogP contribution in [0.25, 0.3) is 0 Å². The molecule has 0 radical (unpaired) electrons. The van der Waals surface area contributed by atoms with Gasteiger partial charge in [0.05, 0.1) is 12.0 Å². The number of benzene rings is 1. The predicted octanol–water partition coefficient (Wildman–Crippen LogP) is 3.15. The topological polar surface area (TPSA) is 29.5 Å². The van der Waals surface area contributed by atoms with Crippen LogP contribution in [0.4, 0.5) is 5.69 Å². The lowest BCUT2D eigenvalue weighted by Gasteiger charge is -2.24. The van der Waals surface area contributed by atoms with Crippen molar-refractivity contribution in [2.45, 2.75) is 26.4 Å². The Morgan fingerprint density at radius 1 is 1.50 bits per heavy atom. The Bertz CT molecular complexity index is 461. The predicted molar refractivity (Wildman–Crippen MR) is 75.8 cm³/mol. The van der Waals surface area contributed by atoms with Gasteiger partial charge in [-0.3, -0.25) is 4.79 Å². The van der Waals surface area contributed by atoms with Crippen molar-refractivity contribution in [3.8, 4) is 0 Å². The summed E-state index contributed by atoms with van der Waals surface area (Å²) in [6.45, 7) is 4.67. The van der Waals surface area contributed by atoms with Crippen LogP contribution >= 0.6 is 15.9 Å². The zero-order valence-electron chi connectivity index (χ0n) is 10.9. The number of carbonyl (C=O) groups excluding carboxylic acids is 1. The molecule has 2 atom stereocenters. The number of carbonyl (C=O) groups is 1. The summed E-state index contributed by atoms with van der Waals surface area (Å²) < 4.78 is 6.50. The number of nitrogens with zero attached hydrogens (tertiary/aromatic N) is 1. The smallest absolute Gasteiger partial charge is 0.232 e. The molecule has 3 nitrogen and oxygen atoms in total. The van der Waals surface area contributed by atoms with Crippen molar-refractivity contribution in [3.63, 3.8) is 0 Å². The van der Waals surface area contributed by atoms with Crippen LogP contribution in [0.5, 0.6) is 0 Å². The Hall–Kier alpha value is -0.870. The molecule has 0 unspecified atom stereocenters. The summed E-state index contributed by atoms with van der Waals surface area (Å²) >= 11 is 3.43. The van der Waals surface area contributed by atoms with E-state index < -0.39 is 0 Å². The first-order valence-electron chi connectivity index (χ1n) is 6.16.